The molecular weight excluding hydrogens is 348 g/mol. The van der Waals surface area contributed by atoms with Gasteiger partial charge in [-0.1, -0.05) is 30.3 Å². The van der Waals surface area contributed by atoms with Crippen molar-refractivity contribution >= 4 is 28.5 Å². The van der Waals surface area contributed by atoms with E-state index in [4.69, 9.17) is 9.37 Å². The van der Waals surface area contributed by atoms with Gasteiger partial charge in [0.1, 0.15) is 0 Å². The van der Waals surface area contributed by atoms with Crippen molar-refractivity contribution in [3.05, 3.63) is 48.0 Å². The van der Waals surface area contributed by atoms with E-state index >= 15 is 0 Å². The second kappa shape index (κ2) is 7.06. The molecule has 2 heterocycles. The topological polar surface area (TPSA) is 97.6 Å². The Labute approximate surface area is 155 Å². The number of amides is 2. The lowest BCUT2D eigenvalue weighted by Gasteiger charge is -2.16. The molecule has 8 heteroatoms. The number of hydrogen-bond donors (Lipinski definition) is 1. The summed E-state index contributed by atoms with van der Waals surface area (Å²) in [4.78, 5) is 26.3. The maximum absolute atomic E-state index is 12.5. The van der Waals surface area contributed by atoms with Crippen LogP contribution in [0.25, 0.3) is 11.0 Å². The van der Waals surface area contributed by atoms with Gasteiger partial charge in [0.2, 0.25) is 11.8 Å². The minimum Gasteiger partial charge on any atom is -0.494 e. The standard InChI is InChI=1S/C19H18N4O4/c1-26-15-8-7-14(18-19(15)22-27-21-18)20-16(24)11-23-10-13(9-17(23)25)12-5-3-2-4-6-12/h2-8,13H,9-11H2,1H3,(H,20,24). The number of aromatic nitrogens is 2. The molecule has 1 aliphatic rings. The highest BCUT2D eigenvalue weighted by molar-refractivity contribution is 6.02. The van der Waals surface area contributed by atoms with Crippen LogP contribution in [0.2, 0.25) is 0 Å². The molecule has 4 rings (SSSR count). The summed E-state index contributed by atoms with van der Waals surface area (Å²) in [6, 6.07) is 13.2. The summed E-state index contributed by atoms with van der Waals surface area (Å²) in [6.07, 6.45) is 0.414. The van der Waals surface area contributed by atoms with Gasteiger partial charge in [-0.3, -0.25) is 9.59 Å². The van der Waals surface area contributed by atoms with Gasteiger partial charge in [0, 0.05) is 18.9 Å². The number of carbonyl (C=O) groups excluding carboxylic acids is 2. The first-order chi connectivity index (χ1) is 13.2. The number of hydrogen-bond acceptors (Lipinski definition) is 6. The molecule has 3 aromatic rings. The molecule has 1 saturated heterocycles. The molecule has 1 unspecified atom stereocenters. The third kappa shape index (κ3) is 3.33. The number of carbonyl (C=O) groups is 2. The number of fused-ring (bicyclic) bond motifs is 1. The second-order valence-electron chi connectivity index (χ2n) is 6.41. The van der Waals surface area contributed by atoms with E-state index < -0.39 is 0 Å². The van der Waals surface area contributed by atoms with Crippen LogP contribution in [0.15, 0.2) is 47.1 Å². The predicted molar refractivity (Wildman–Crippen MR) is 97.4 cm³/mol. The van der Waals surface area contributed by atoms with E-state index in [0.29, 0.717) is 35.4 Å². The van der Waals surface area contributed by atoms with Gasteiger partial charge in [-0.2, -0.15) is 0 Å². The summed E-state index contributed by atoms with van der Waals surface area (Å²) in [5.41, 5.74) is 2.40. The van der Waals surface area contributed by atoms with Gasteiger partial charge in [0.25, 0.3) is 0 Å². The highest BCUT2D eigenvalue weighted by Gasteiger charge is 2.31. The number of likely N-dealkylation sites (tertiary alicyclic amines) is 1. The second-order valence-corrected chi connectivity index (χ2v) is 6.41. The van der Waals surface area contributed by atoms with Gasteiger partial charge in [0.05, 0.1) is 19.3 Å². The number of nitrogens with one attached hydrogen (secondary N) is 1. The third-order valence-electron chi connectivity index (χ3n) is 4.69. The smallest absolute Gasteiger partial charge is 0.244 e. The van der Waals surface area contributed by atoms with E-state index in [-0.39, 0.29) is 24.3 Å². The van der Waals surface area contributed by atoms with E-state index in [1.807, 2.05) is 30.3 Å². The summed E-state index contributed by atoms with van der Waals surface area (Å²) in [5, 5.41) is 10.4. The molecular formula is C19H18N4O4. The van der Waals surface area contributed by atoms with Crippen molar-refractivity contribution in [3.63, 3.8) is 0 Å². The maximum Gasteiger partial charge on any atom is 0.244 e. The molecule has 2 aromatic carbocycles. The van der Waals surface area contributed by atoms with Gasteiger partial charge in [-0.05, 0) is 28.0 Å². The number of benzene rings is 2. The number of nitrogens with zero attached hydrogens (tertiary/aromatic N) is 3. The fraction of sp³-hybridized carbons (Fsp3) is 0.263. The van der Waals surface area contributed by atoms with E-state index in [0.717, 1.165) is 5.56 Å². The van der Waals surface area contributed by atoms with Crippen LogP contribution in [-0.2, 0) is 9.59 Å². The fourth-order valence-electron chi connectivity index (χ4n) is 3.35. The van der Waals surface area contributed by atoms with Crippen LogP contribution in [0.5, 0.6) is 5.75 Å². The maximum atomic E-state index is 12.5. The third-order valence-corrected chi connectivity index (χ3v) is 4.69. The molecule has 0 bridgehead atoms. The van der Waals surface area contributed by atoms with Crippen molar-refractivity contribution in [3.8, 4) is 5.75 Å². The molecule has 0 spiro atoms. The lowest BCUT2D eigenvalue weighted by molar-refractivity contribution is -0.131. The van der Waals surface area contributed by atoms with Crippen LogP contribution in [0.3, 0.4) is 0 Å². The van der Waals surface area contributed by atoms with E-state index in [1.165, 1.54) is 7.11 Å². The molecule has 0 radical (unpaired) electrons. The lowest BCUT2D eigenvalue weighted by atomic mass is 9.99. The van der Waals surface area contributed by atoms with Crippen LogP contribution >= 0.6 is 0 Å². The van der Waals surface area contributed by atoms with Crippen molar-refractivity contribution in [2.45, 2.75) is 12.3 Å². The quantitative estimate of drug-likeness (QED) is 0.743. The van der Waals surface area contributed by atoms with Crippen LogP contribution in [0.1, 0.15) is 17.9 Å². The molecule has 2 amide bonds. The lowest BCUT2D eigenvalue weighted by Crippen LogP contribution is -2.34. The SMILES string of the molecule is COc1ccc(NC(=O)CN2CC(c3ccccc3)CC2=O)c2nonc12. The zero-order valence-corrected chi connectivity index (χ0v) is 14.7. The van der Waals surface area contributed by atoms with Gasteiger partial charge in [-0.15, -0.1) is 0 Å². The Hall–Kier alpha value is -3.42. The van der Waals surface area contributed by atoms with Crippen molar-refractivity contribution in [2.75, 3.05) is 25.5 Å². The summed E-state index contributed by atoms with van der Waals surface area (Å²) in [5.74, 6) is 0.289. The Morgan fingerprint density at radius 3 is 2.78 bits per heavy atom. The summed E-state index contributed by atoms with van der Waals surface area (Å²) in [7, 11) is 1.52. The molecule has 8 nitrogen and oxygen atoms in total. The molecule has 138 valence electrons. The average Bonchev–Trinajstić information content (AvgIpc) is 3.31. The van der Waals surface area contributed by atoms with Gasteiger partial charge in [0.15, 0.2) is 16.8 Å². The largest absolute Gasteiger partial charge is 0.494 e. The van der Waals surface area contributed by atoms with Crippen molar-refractivity contribution in [2.24, 2.45) is 0 Å². The van der Waals surface area contributed by atoms with Crippen LogP contribution in [0.4, 0.5) is 5.69 Å². The molecule has 27 heavy (non-hydrogen) atoms. The summed E-state index contributed by atoms with van der Waals surface area (Å²) >= 11 is 0. The molecule has 1 aromatic heterocycles. The van der Waals surface area contributed by atoms with Crippen molar-refractivity contribution in [1.29, 1.82) is 0 Å². The number of ether oxygens (including phenoxy) is 1. The van der Waals surface area contributed by atoms with Crippen LogP contribution < -0.4 is 10.1 Å². The summed E-state index contributed by atoms with van der Waals surface area (Å²) in [6.45, 7) is 0.515. The fourth-order valence-corrected chi connectivity index (χ4v) is 3.35. The number of methoxy groups -OCH3 is 1. The first kappa shape index (κ1) is 17.0. The van der Waals surface area contributed by atoms with E-state index in [9.17, 15) is 9.59 Å². The normalized spacial score (nSPS) is 16.7. The zero-order valence-electron chi connectivity index (χ0n) is 14.7. The predicted octanol–water partition coefficient (Wildman–Crippen LogP) is 2.19. The Kier molecular flexibility index (Phi) is 4.45. The van der Waals surface area contributed by atoms with Gasteiger partial charge >= 0.3 is 0 Å². The van der Waals surface area contributed by atoms with E-state index in [2.05, 4.69) is 15.6 Å². The monoisotopic (exact) mass is 366 g/mol. The molecule has 1 fully saturated rings. The molecule has 1 atom stereocenters. The van der Waals surface area contributed by atoms with Crippen LogP contribution in [0, 0.1) is 0 Å². The Balaban J connectivity index is 1.44. The van der Waals surface area contributed by atoms with E-state index in [1.54, 1.807) is 17.0 Å². The number of rotatable bonds is 5. The Morgan fingerprint density at radius 2 is 2.00 bits per heavy atom. The average molecular weight is 366 g/mol. The van der Waals surface area contributed by atoms with Gasteiger partial charge < -0.3 is 15.0 Å². The van der Waals surface area contributed by atoms with Crippen molar-refractivity contribution < 1.29 is 19.0 Å². The molecule has 1 aliphatic heterocycles. The zero-order chi connectivity index (χ0) is 18.8. The summed E-state index contributed by atoms with van der Waals surface area (Å²) < 4.78 is 9.94. The minimum atomic E-state index is -0.300. The number of anilines is 1. The Bertz CT molecular complexity index is 986. The first-order valence-electron chi connectivity index (χ1n) is 8.57. The minimum absolute atomic E-state index is 0.0129. The highest BCUT2D eigenvalue weighted by Crippen LogP contribution is 2.30. The van der Waals surface area contributed by atoms with Gasteiger partial charge in [-0.25, -0.2) is 4.63 Å². The molecule has 1 N–H and O–H groups in total. The molecule has 0 aliphatic carbocycles. The van der Waals surface area contributed by atoms with Crippen molar-refractivity contribution in [1.82, 2.24) is 15.2 Å². The Morgan fingerprint density at radius 1 is 1.22 bits per heavy atom. The highest BCUT2D eigenvalue weighted by atomic mass is 16.6. The van der Waals surface area contributed by atoms with Crippen LogP contribution in [-0.4, -0.2) is 47.2 Å². The first-order valence-corrected chi connectivity index (χ1v) is 8.57. The molecule has 0 saturated carbocycles.